The van der Waals surface area contributed by atoms with E-state index in [1.165, 1.54) is 4.88 Å². The number of piperazine rings is 1. The molecule has 5 nitrogen and oxygen atoms in total. The normalized spacial score (nSPS) is 16.2. The van der Waals surface area contributed by atoms with Crippen LogP contribution in [0.15, 0.2) is 40.2 Å². The fraction of sp³-hybridized carbons (Fsp3) is 0.300. The number of thiophene rings is 1. The predicted octanol–water partition coefficient (Wildman–Crippen LogP) is 4.12. The van der Waals surface area contributed by atoms with Gasteiger partial charge in [0.2, 0.25) is 0 Å². The summed E-state index contributed by atoms with van der Waals surface area (Å²) in [5.74, 6) is 0.759. The van der Waals surface area contributed by atoms with Gasteiger partial charge in [0.05, 0.1) is 0 Å². The zero-order chi connectivity index (χ0) is 18.4. The zero-order valence-corrected chi connectivity index (χ0v) is 16.2. The summed E-state index contributed by atoms with van der Waals surface area (Å²) in [5.41, 5.74) is 3.68. The van der Waals surface area contributed by atoms with E-state index in [0.717, 1.165) is 53.5 Å². The number of halogens is 1. The highest BCUT2D eigenvalue weighted by atomic mass is 35.5. The van der Waals surface area contributed by atoms with Crippen LogP contribution in [0.5, 0.6) is 0 Å². The molecule has 1 amide bonds. The van der Waals surface area contributed by atoms with Crippen molar-refractivity contribution in [3.05, 3.63) is 56.9 Å². The van der Waals surface area contributed by atoms with Gasteiger partial charge < -0.3 is 14.3 Å². The van der Waals surface area contributed by atoms with Crippen LogP contribution in [0.1, 0.15) is 20.9 Å². The van der Waals surface area contributed by atoms with Gasteiger partial charge in [0.15, 0.2) is 11.5 Å². The van der Waals surface area contributed by atoms with Crippen LogP contribution in [0.25, 0.3) is 11.3 Å². The van der Waals surface area contributed by atoms with Gasteiger partial charge in [-0.25, -0.2) is 0 Å². The van der Waals surface area contributed by atoms with Gasteiger partial charge >= 0.3 is 0 Å². The molecule has 1 aliphatic heterocycles. The lowest BCUT2D eigenvalue weighted by atomic mass is 9.95. The van der Waals surface area contributed by atoms with Crippen molar-refractivity contribution in [3.8, 4) is 11.3 Å². The largest absolute Gasteiger partial charge is 0.368 e. The molecule has 0 spiro atoms. The summed E-state index contributed by atoms with van der Waals surface area (Å²) in [7, 11) is 0. The Morgan fingerprint density at radius 2 is 1.85 bits per heavy atom. The highest BCUT2D eigenvalue weighted by Crippen LogP contribution is 2.38. The first-order valence-electron chi connectivity index (χ1n) is 9.06. The molecule has 2 aromatic heterocycles. The van der Waals surface area contributed by atoms with Crippen LogP contribution in [-0.2, 0) is 12.8 Å². The van der Waals surface area contributed by atoms with E-state index >= 15 is 0 Å². The SMILES string of the molecule is O=C(c1noc2c1CCc1sccc1-2)N1CCN(c2ccc(Cl)cc2)CC1. The maximum atomic E-state index is 13.0. The summed E-state index contributed by atoms with van der Waals surface area (Å²) < 4.78 is 5.57. The minimum Gasteiger partial charge on any atom is -0.368 e. The van der Waals surface area contributed by atoms with Crippen LogP contribution in [0, 0.1) is 0 Å². The summed E-state index contributed by atoms with van der Waals surface area (Å²) in [6.45, 7) is 2.93. The van der Waals surface area contributed by atoms with E-state index in [4.69, 9.17) is 16.1 Å². The molecule has 1 aliphatic carbocycles. The average molecular weight is 400 g/mol. The van der Waals surface area contributed by atoms with Crippen molar-refractivity contribution in [2.75, 3.05) is 31.1 Å². The number of fused-ring (bicyclic) bond motifs is 3. The number of rotatable bonds is 2. The number of hydrogen-bond acceptors (Lipinski definition) is 5. The Hall–Kier alpha value is -2.31. The number of amides is 1. The van der Waals surface area contributed by atoms with Crippen molar-refractivity contribution in [1.82, 2.24) is 10.1 Å². The van der Waals surface area contributed by atoms with Gasteiger partial charge in [0.25, 0.3) is 5.91 Å². The molecule has 0 N–H and O–H groups in total. The van der Waals surface area contributed by atoms with Crippen LogP contribution in [0.3, 0.4) is 0 Å². The second-order valence-electron chi connectivity index (χ2n) is 6.85. The van der Waals surface area contributed by atoms with Crippen LogP contribution in [0.2, 0.25) is 5.02 Å². The molecule has 138 valence electrons. The fourth-order valence-corrected chi connectivity index (χ4v) is 4.87. The Kier molecular flexibility index (Phi) is 4.17. The van der Waals surface area contributed by atoms with Crippen LogP contribution < -0.4 is 4.90 Å². The minimum atomic E-state index is -0.0190. The predicted molar refractivity (Wildman–Crippen MR) is 107 cm³/mol. The lowest BCUT2D eigenvalue weighted by molar-refractivity contribution is 0.0735. The number of carbonyl (C=O) groups is 1. The van der Waals surface area contributed by atoms with E-state index in [-0.39, 0.29) is 5.91 Å². The maximum Gasteiger partial charge on any atom is 0.276 e. The van der Waals surface area contributed by atoms with Gasteiger partial charge in [0, 0.05) is 52.9 Å². The van der Waals surface area contributed by atoms with Crippen molar-refractivity contribution in [2.45, 2.75) is 12.8 Å². The molecule has 0 saturated carbocycles. The number of nitrogens with zero attached hydrogens (tertiary/aromatic N) is 3. The molecular formula is C20H18ClN3O2S. The molecule has 0 radical (unpaired) electrons. The standard InChI is InChI=1S/C20H18ClN3O2S/c21-13-1-3-14(4-2-13)23-8-10-24(11-9-23)20(25)18-16-5-6-17-15(7-12-27-17)19(16)26-22-18/h1-4,7,12H,5-6,8-11H2. The fourth-order valence-electron chi connectivity index (χ4n) is 3.87. The van der Waals surface area contributed by atoms with Crippen molar-refractivity contribution in [2.24, 2.45) is 0 Å². The summed E-state index contributed by atoms with van der Waals surface area (Å²) in [6.07, 6.45) is 1.77. The Labute approximate surface area is 166 Å². The first-order valence-corrected chi connectivity index (χ1v) is 10.3. The minimum absolute atomic E-state index is 0.0190. The smallest absolute Gasteiger partial charge is 0.276 e. The van der Waals surface area contributed by atoms with Crippen molar-refractivity contribution >= 4 is 34.5 Å². The van der Waals surface area contributed by atoms with Crippen LogP contribution in [-0.4, -0.2) is 42.1 Å². The molecule has 0 bridgehead atoms. The number of benzene rings is 1. The van der Waals surface area contributed by atoms with E-state index in [1.807, 2.05) is 29.2 Å². The van der Waals surface area contributed by atoms with Gasteiger partial charge in [-0.3, -0.25) is 4.79 Å². The third-order valence-electron chi connectivity index (χ3n) is 5.34. The van der Waals surface area contributed by atoms with Crippen molar-refractivity contribution < 1.29 is 9.32 Å². The average Bonchev–Trinajstić information content (AvgIpc) is 3.34. The molecule has 7 heteroatoms. The maximum absolute atomic E-state index is 13.0. The van der Waals surface area contributed by atoms with E-state index in [9.17, 15) is 4.79 Å². The quantitative estimate of drug-likeness (QED) is 0.650. The molecule has 3 aromatic rings. The molecule has 1 fully saturated rings. The number of aromatic nitrogens is 1. The summed E-state index contributed by atoms with van der Waals surface area (Å²) in [5, 5.41) is 6.95. The molecular weight excluding hydrogens is 382 g/mol. The van der Waals surface area contributed by atoms with Crippen molar-refractivity contribution in [1.29, 1.82) is 0 Å². The van der Waals surface area contributed by atoms with Gasteiger partial charge in [-0.2, -0.15) is 0 Å². The molecule has 3 heterocycles. The molecule has 5 rings (SSSR count). The lowest BCUT2D eigenvalue weighted by Gasteiger charge is -2.36. The van der Waals surface area contributed by atoms with E-state index < -0.39 is 0 Å². The number of carbonyl (C=O) groups excluding carboxylic acids is 1. The molecule has 0 atom stereocenters. The van der Waals surface area contributed by atoms with E-state index in [1.54, 1.807) is 11.3 Å². The van der Waals surface area contributed by atoms with Crippen LogP contribution >= 0.6 is 22.9 Å². The Morgan fingerprint density at radius 1 is 1.07 bits per heavy atom. The highest BCUT2D eigenvalue weighted by Gasteiger charge is 2.31. The van der Waals surface area contributed by atoms with Crippen molar-refractivity contribution in [3.63, 3.8) is 0 Å². The Balaban J connectivity index is 1.31. The Bertz CT molecular complexity index is 987. The second-order valence-corrected chi connectivity index (χ2v) is 8.29. The number of anilines is 1. The first kappa shape index (κ1) is 16.8. The molecule has 1 saturated heterocycles. The first-order chi connectivity index (χ1) is 13.2. The molecule has 0 unspecified atom stereocenters. The van der Waals surface area contributed by atoms with Gasteiger partial charge in [-0.1, -0.05) is 16.8 Å². The number of hydrogen-bond donors (Lipinski definition) is 0. The number of aryl methyl sites for hydroxylation is 1. The summed E-state index contributed by atoms with van der Waals surface area (Å²) >= 11 is 7.70. The third-order valence-corrected chi connectivity index (χ3v) is 6.57. The highest BCUT2D eigenvalue weighted by molar-refractivity contribution is 7.10. The van der Waals surface area contributed by atoms with Gasteiger partial charge in [-0.15, -0.1) is 11.3 Å². The zero-order valence-electron chi connectivity index (χ0n) is 14.7. The molecule has 2 aliphatic rings. The van der Waals surface area contributed by atoms with Crippen LogP contribution in [0.4, 0.5) is 5.69 Å². The van der Waals surface area contributed by atoms with E-state index in [2.05, 4.69) is 21.5 Å². The monoisotopic (exact) mass is 399 g/mol. The topological polar surface area (TPSA) is 49.6 Å². The van der Waals surface area contributed by atoms with Gasteiger partial charge in [-0.05, 0) is 48.6 Å². The van der Waals surface area contributed by atoms with E-state index in [0.29, 0.717) is 18.8 Å². The molecule has 27 heavy (non-hydrogen) atoms. The molecule has 1 aromatic carbocycles. The summed E-state index contributed by atoms with van der Waals surface area (Å²) in [4.78, 5) is 18.5. The summed E-state index contributed by atoms with van der Waals surface area (Å²) in [6, 6.07) is 9.89. The Morgan fingerprint density at radius 3 is 2.63 bits per heavy atom. The lowest BCUT2D eigenvalue weighted by Crippen LogP contribution is -2.49. The third kappa shape index (κ3) is 2.93. The second kappa shape index (κ2) is 6.69. The van der Waals surface area contributed by atoms with Gasteiger partial charge in [0.1, 0.15) is 0 Å².